The van der Waals surface area contributed by atoms with E-state index in [1.807, 2.05) is 25.1 Å². The molecule has 0 radical (unpaired) electrons. The molecular formula is C16H24N2O2. The van der Waals surface area contributed by atoms with Crippen molar-refractivity contribution in [2.24, 2.45) is 5.92 Å². The Bertz CT molecular complexity index is 468. The lowest BCUT2D eigenvalue weighted by molar-refractivity contribution is 0.0919. The molecule has 0 bridgehead atoms. The lowest BCUT2D eigenvalue weighted by Gasteiger charge is -2.29. The minimum absolute atomic E-state index is 0.0522. The SMILES string of the molecule is COc1ccc(C)cc1C(=O)NC(C)C1CCCNC1. The van der Waals surface area contributed by atoms with Crippen LogP contribution in [0, 0.1) is 12.8 Å². The lowest BCUT2D eigenvalue weighted by Crippen LogP contribution is -2.44. The van der Waals surface area contributed by atoms with Gasteiger partial charge in [0.2, 0.25) is 0 Å². The first-order valence-electron chi connectivity index (χ1n) is 7.28. The number of piperidine rings is 1. The second kappa shape index (κ2) is 6.75. The van der Waals surface area contributed by atoms with Crippen LogP contribution >= 0.6 is 0 Å². The Balaban J connectivity index is 2.05. The molecule has 110 valence electrons. The standard InChI is InChI=1S/C16H24N2O2/c1-11-6-7-15(20-3)14(9-11)16(19)18-12(2)13-5-4-8-17-10-13/h6-7,9,12-13,17H,4-5,8,10H2,1-3H3,(H,18,19). The van der Waals surface area contributed by atoms with Gasteiger partial charge in [-0.2, -0.15) is 0 Å². The van der Waals surface area contributed by atoms with E-state index in [4.69, 9.17) is 4.74 Å². The number of amides is 1. The quantitative estimate of drug-likeness (QED) is 0.885. The third kappa shape index (κ3) is 3.51. The number of carbonyl (C=O) groups excluding carboxylic acids is 1. The third-order valence-corrected chi connectivity index (χ3v) is 4.00. The number of ether oxygens (including phenoxy) is 1. The number of methoxy groups -OCH3 is 1. The zero-order chi connectivity index (χ0) is 14.5. The van der Waals surface area contributed by atoms with Gasteiger partial charge in [-0.3, -0.25) is 4.79 Å². The number of aryl methyl sites for hydroxylation is 1. The van der Waals surface area contributed by atoms with Gasteiger partial charge in [0.1, 0.15) is 5.75 Å². The van der Waals surface area contributed by atoms with Gasteiger partial charge in [0.05, 0.1) is 12.7 Å². The highest BCUT2D eigenvalue weighted by Gasteiger charge is 2.22. The zero-order valence-corrected chi connectivity index (χ0v) is 12.5. The summed E-state index contributed by atoms with van der Waals surface area (Å²) in [5.41, 5.74) is 1.67. The molecule has 0 aliphatic carbocycles. The molecule has 2 rings (SSSR count). The van der Waals surface area contributed by atoms with E-state index in [-0.39, 0.29) is 11.9 Å². The van der Waals surface area contributed by atoms with Crippen LogP contribution < -0.4 is 15.4 Å². The van der Waals surface area contributed by atoms with Gasteiger partial charge in [0.25, 0.3) is 5.91 Å². The smallest absolute Gasteiger partial charge is 0.255 e. The van der Waals surface area contributed by atoms with E-state index in [0.717, 1.165) is 18.7 Å². The maximum atomic E-state index is 12.4. The third-order valence-electron chi connectivity index (χ3n) is 4.00. The molecule has 1 fully saturated rings. The molecule has 0 aromatic heterocycles. The maximum Gasteiger partial charge on any atom is 0.255 e. The second-order valence-electron chi connectivity index (χ2n) is 5.57. The molecular weight excluding hydrogens is 252 g/mol. The van der Waals surface area contributed by atoms with Crippen molar-refractivity contribution in [2.75, 3.05) is 20.2 Å². The summed E-state index contributed by atoms with van der Waals surface area (Å²) in [5.74, 6) is 1.08. The van der Waals surface area contributed by atoms with Crippen LogP contribution in [-0.4, -0.2) is 32.1 Å². The molecule has 0 saturated carbocycles. The van der Waals surface area contributed by atoms with Crippen LogP contribution in [0.25, 0.3) is 0 Å². The van der Waals surface area contributed by atoms with Crippen molar-refractivity contribution >= 4 is 5.91 Å². The summed E-state index contributed by atoms with van der Waals surface area (Å²) in [5, 5.41) is 6.49. The number of carbonyl (C=O) groups is 1. The lowest BCUT2D eigenvalue weighted by atomic mass is 9.92. The number of hydrogen-bond acceptors (Lipinski definition) is 3. The van der Waals surface area contributed by atoms with Gasteiger partial charge in [-0.1, -0.05) is 11.6 Å². The van der Waals surface area contributed by atoms with Crippen LogP contribution in [-0.2, 0) is 0 Å². The Hall–Kier alpha value is -1.55. The van der Waals surface area contributed by atoms with Crippen LogP contribution in [0.4, 0.5) is 0 Å². The summed E-state index contributed by atoms with van der Waals surface area (Å²) >= 11 is 0. The summed E-state index contributed by atoms with van der Waals surface area (Å²) in [7, 11) is 1.59. The van der Waals surface area contributed by atoms with Crippen LogP contribution in [0.2, 0.25) is 0 Å². The molecule has 2 atom stereocenters. The van der Waals surface area contributed by atoms with Crippen molar-refractivity contribution in [1.82, 2.24) is 10.6 Å². The van der Waals surface area contributed by atoms with Crippen LogP contribution in [0.3, 0.4) is 0 Å². The molecule has 1 saturated heterocycles. The average Bonchev–Trinajstić information content (AvgIpc) is 2.48. The van der Waals surface area contributed by atoms with Crippen LogP contribution in [0.5, 0.6) is 5.75 Å². The minimum atomic E-state index is -0.0522. The Morgan fingerprint density at radius 3 is 2.95 bits per heavy atom. The number of rotatable bonds is 4. The molecule has 0 spiro atoms. The maximum absolute atomic E-state index is 12.4. The number of benzene rings is 1. The average molecular weight is 276 g/mol. The van der Waals surface area contributed by atoms with E-state index in [1.54, 1.807) is 7.11 Å². The Kier molecular flexibility index (Phi) is 5.01. The van der Waals surface area contributed by atoms with Gasteiger partial charge in [0, 0.05) is 6.04 Å². The van der Waals surface area contributed by atoms with Crippen molar-refractivity contribution in [3.8, 4) is 5.75 Å². The zero-order valence-electron chi connectivity index (χ0n) is 12.5. The van der Waals surface area contributed by atoms with Crippen molar-refractivity contribution < 1.29 is 9.53 Å². The van der Waals surface area contributed by atoms with E-state index in [0.29, 0.717) is 17.2 Å². The van der Waals surface area contributed by atoms with Gasteiger partial charge in [0.15, 0.2) is 0 Å². The first-order chi connectivity index (χ1) is 9.61. The number of hydrogen-bond donors (Lipinski definition) is 2. The first kappa shape index (κ1) is 14.9. The molecule has 1 aromatic rings. The number of nitrogens with one attached hydrogen (secondary N) is 2. The molecule has 1 amide bonds. The van der Waals surface area contributed by atoms with Crippen LogP contribution in [0.15, 0.2) is 18.2 Å². The van der Waals surface area contributed by atoms with Gasteiger partial charge in [-0.05, 0) is 57.8 Å². The summed E-state index contributed by atoms with van der Waals surface area (Å²) in [6.07, 6.45) is 2.35. The van der Waals surface area contributed by atoms with Crippen molar-refractivity contribution in [2.45, 2.75) is 32.7 Å². The summed E-state index contributed by atoms with van der Waals surface area (Å²) in [6, 6.07) is 5.83. The van der Waals surface area contributed by atoms with Crippen LogP contribution in [0.1, 0.15) is 35.7 Å². The summed E-state index contributed by atoms with van der Waals surface area (Å²) in [4.78, 5) is 12.4. The molecule has 1 heterocycles. The van der Waals surface area contributed by atoms with Crippen molar-refractivity contribution in [3.05, 3.63) is 29.3 Å². The largest absolute Gasteiger partial charge is 0.496 e. The van der Waals surface area contributed by atoms with Crippen molar-refractivity contribution in [1.29, 1.82) is 0 Å². The summed E-state index contributed by atoms with van der Waals surface area (Å²) < 4.78 is 5.28. The fourth-order valence-corrected chi connectivity index (χ4v) is 2.71. The minimum Gasteiger partial charge on any atom is -0.496 e. The monoisotopic (exact) mass is 276 g/mol. The van der Waals surface area contributed by atoms with E-state index < -0.39 is 0 Å². The molecule has 1 aliphatic rings. The Labute approximate surface area is 120 Å². The highest BCUT2D eigenvalue weighted by molar-refractivity contribution is 5.97. The van der Waals surface area contributed by atoms with E-state index in [9.17, 15) is 4.79 Å². The fraction of sp³-hybridized carbons (Fsp3) is 0.562. The fourth-order valence-electron chi connectivity index (χ4n) is 2.71. The highest BCUT2D eigenvalue weighted by Crippen LogP contribution is 2.21. The highest BCUT2D eigenvalue weighted by atomic mass is 16.5. The van der Waals surface area contributed by atoms with Gasteiger partial charge < -0.3 is 15.4 Å². The molecule has 2 N–H and O–H groups in total. The van der Waals surface area contributed by atoms with E-state index in [1.165, 1.54) is 12.8 Å². The topological polar surface area (TPSA) is 50.4 Å². The molecule has 1 aromatic carbocycles. The molecule has 2 unspecified atom stereocenters. The van der Waals surface area contributed by atoms with Gasteiger partial charge in [-0.25, -0.2) is 0 Å². The second-order valence-corrected chi connectivity index (χ2v) is 5.57. The molecule has 1 aliphatic heterocycles. The first-order valence-corrected chi connectivity index (χ1v) is 7.28. The normalized spacial score (nSPS) is 20.2. The summed E-state index contributed by atoms with van der Waals surface area (Å²) in [6.45, 7) is 6.12. The molecule has 20 heavy (non-hydrogen) atoms. The predicted octanol–water partition coefficient (Wildman–Crippen LogP) is 2.12. The molecule has 4 nitrogen and oxygen atoms in total. The Morgan fingerprint density at radius 2 is 2.30 bits per heavy atom. The Morgan fingerprint density at radius 1 is 1.50 bits per heavy atom. The van der Waals surface area contributed by atoms with E-state index in [2.05, 4.69) is 17.6 Å². The van der Waals surface area contributed by atoms with E-state index >= 15 is 0 Å². The predicted molar refractivity (Wildman–Crippen MR) is 80.3 cm³/mol. The van der Waals surface area contributed by atoms with Gasteiger partial charge in [-0.15, -0.1) is 0 Å². The molecule has 4 heteroatoms. The van der Waals surface area contributed by atoms with Crippen molar-refractivity contribution in [3.63, 3.8) is 0 Å². The van der Waals surface area contributed by atoms with Gasteiger partial charge >= 0.3 is 0 Å².